The van der Waals surface area contributed by atoms with E-state index in [0.717, 1.165) is 31.3 Å². The monoisotopic (exact) mass is 211 g/mol. The van der Waals surface area contributed by atoms with Crippen molar-refractivity contribution < 1.29 is 4.74 Å². The molecule has 0 spiro atoms. The van der Waals surface area contributed by atoms with Crippen LogP contribution in [0.3, 0.4) is 0 Å². The van der Waals surface area contributed by atoms with E-state index in [4.69, 9.17) is 10.5 Å². The summed E-state index contributed by atoms with van der Waals surface area (Å²) in [6.07, 6.45) is 7.85. The Bertz CT molecular complexity index is 215. The molecule has 1 heterocycles. The van der Waals surface area contributed by atoms with Gasteiger partial charge in [0.2, 0.25) is 0 Å². The van der Waals surface area contributed by atoms with Gasteiger partial charge in [-0.25, -0.2) is 0 Å². The number of nitrogens with two attached hydrogens (primary N) is 1. The van der Waals surface area contributed by atoms with Crippen LogP contribution in [0.15, 0.2) is 0 Å². The zero-order valence-corrected chi connectivity index (χ0v) is 10.2. The highest BCUT2D eigenvalue weighted by Crippen LogP contribution is 2.44. The Balaban J connectivity index is 1.91. The minimum Gasteiger partial charge on any atom is -0.376 e. The Morgan fingerprint density at radius 2 is 2.20 bits per heavy atom. The van der Waals surface area contributed by atoms with Gasteiger partial charge in [0, 0.05) is 12.1 Å². The van der Waals surface area contributed by atoms with Crippen molar-refractivity contribution in [3.05, 3.63) is 0 Å². The van der Waals surface area contributed by atoms with E-state index in [1.165, 1.54) is 25.7 Å². The van der Waals surface area contributed by atoms with Crippen LogP contribution in [-0.4, -0.2) is 18.2 Å². The number of rotatable bonds is 5. The number of hydrogen-bond donors (Lipinski definition) is 1. The van der Waals surface area contributed by atoms with Gasteiger partial charge in [0.1, 0.15) is 0 Å². The smallest absolute Gasteiger partial charge is 0.0783 e. The maximum Gasteiger partial charge on any atom is 0.0783 e. The molecule has 0 bridgehead atoms. The third-order valence-electron chi connectivity index (χ3n) is 3.99. The van der Waals surface area contributed by atoms with E-state index in [-0.39, 0.29) is 5.54 Å². The van der Waals surface area contributed by atoms with Crippen molar-refractivity contribution in [2.45, 2.75) is 64.0 Å². The summed E-state index contributed by atoms with van der Waals surface area (Å²) < 4.78 is 5.85. The molecule has 1 aliphatic heterocycles. The molecule has 2 fully saturated rings. The fraction of sp³-hybridized carbons (Fsp3) is 1.00. The predicted octanol–water partition coefficient (Wildman–Crippen LogP) is 2.71. The molecule has 2 nitrogen and oxygen atoms in total. The molecule has 3 unspecified atom stereocenters. The molecule has 1 aliphatic carbocycles. The van der Waals surface area contributed by atoms with Crippen LogP contribution >= 0.6 is 0 Å². The first kappa shape index (κ1) is 11.4. The van der Waals surface area contributed by atoms with Crippen molar-refractivity contribution in [2.24, 2.45) is 17.6 Å². The highest BCUT2D eigenvalue weighted by atomic mass is 16.5. The third-order valence-corrected chi connectivity index (χ3v) is 3.99. The lowest BCUT2D eigenvalue weighted by atomic mass is 9.80. The van der Waals surface area contributed by atoms with Gasteiger partial charge in [-0.05, 0) is 37.5 Å². The molecule has 0 radical (unpaired) electrons. The van der Waals surface area contributed by atoms with Crippen molar-refractivity contribution in [3.63, 3.8) is 0 Å². The van der Waals surface area contributed by atoms with Gasteiger partial charge in [0.25, 0.3) is 0 Å². The summed E-state index contributed by atoms with van der Waals surface area (Å²) in [6, 6.07) is 0. The molecular weight excluding hydrogens is 186 g/mol. The van der Waals surface area contributed by atoms with E-state index in [2.05, 4.69) is 13.8 Å². The van der Waals surface area contributed by atoms with Crippen LogP contribution in [0.1, 0.15) is 52.4 Å². The van der Waals surface area contributed by atoms with E-state index < -0.39 is 0 Å². The quantitative estimate of drug-likeness (QED) is 0.759. The van der Waals surface area contributed by atoms with Crippen molar-refractivity contribution >= 4 is 0 Å². The minimum absolute atomic E-state index is 0.00421. The lowest BCUT2D eigenvalue weighted by Crippen LogP contribution is -2.49. The van der Waals surface area contributed by atoms with E-state index in [1.807, 2.05) is 0 Å². The maximum absolute atomic E-state index is 6.55. The van der Waals surface area contributed by atoms with Crippen molar-refractivity contribution in [3.8, 4) is 0 Å². The van der Waals surface area contributed by atoms with Crippen LogP contribution in [0, 0.1) is 11.8 Å². The van der Waals surface area contributed by atoms with Gasteiger partial charge in [0.05, 0.1) is 6.10 Å². The van der Waals surface area contributed by atoms with Gasteiger partial charge >= 0.3 is 0 Å². The fourth-order valence-corrected chi connectivity index (χ4v) is 3.15. The highest BCUT2D eigenvalue weighted by molar-refractivity contribution is 5.03. The standard InChI is InChI=1S/C13H25NO/c1-3-4-10(2)9-13(14)7-8-15-12(13)11-5-6-11/h10-12H,3-9,14H2,1-2H3. The van der Waals surface area contributed by atoms with Gasteiger partial charge in [-0.15, -0.1) is 0 Å². The average Bonchev–Trinajstić information content (AvgIpc) is 2.91. The molecule has 88 valence electrons. The summed E-state index contributed by atoms with van der Waals surface area (Å²) in [5.74, 6) is 1.54. The largest absolute Gasteiger partial charge is 0.376 e. The molecule has 1 saturated heterocycles. The molecule has 0 aromatic heterocycles. The zero-order chi connectivity index (χ0) is 10.9. The summed E-state index contributed by atoms with van der Waals surface area (Å²) in [5.41, 5.74) is 6.55. The van der Waals surface area contributed by atoms with Crippen molar-refractivity contribution in [2.75, 3.05) is 6.61 Å². The lowest BCUT2D eigenvalue weighted by molar-refractivity contribution is 0.0553. The molecule has 15 heavy (non-hydrogen) atoms. The Hall–Kier alpha value is -0.0800. The van der Waals surface area contributed by atoms with E-state index >= 15 is 0 Å². The normalized spacial score (nSPS) is 38.2. The second kappa shape index (κ2) is 4.42. The highest BCUT2D eigenvalue weighted by Gasteiger charge is 2.48. The van der Waals surface area contributed by atoms with Crippen LogP contribution in [0.2, 0.25) is 0 Å². The summed E-state index contributed by atoms with van der Waals surface area (Å²) in [5, 5.41) is 0. The fourth-order valence-electron chi connectivity index (χ4n) is 3.15. The van der Waals surface area contributed by atoms with E-state index in [1.54, 1.807) is 0 Å². The van der Waals surface area contributed by atoms with Gasteiger partial charge in [0.15, 0.2) is 0 Å². The Kier molecular flexibility index (Phi) is 3.36. The van der Waals surface area contributed by atoms with Gasteiger partial charge in [-0.3, -0.25) is 0 Å². The van der Waals surface area contributed by atoms with E-state index in [0.29, 0.717) is 6.10 Å². The molecular formula is C13H25NO. The van der Waals surface area contributed by atoms with Crippen LogP contribution in [-0.2, 0) is 4.74 Å². The second-order valence-corrected chi connectivity index (χ2v) is 5.71. The van der Waals surface area contributed by atoms with Crippen molar-refractivity contribution in [1.29, 1.82) is 0 Å². The molecule has 1 saturated carbocycles. The van der Waals surface area contributed by atoms with Crippen LogP contribution in [0.25, 0.3) is 0 Å². The van der Waals surface area contributed by atoms with Gasteiger partial charge in [-0.1, -0.05) is 26.7 Å². The molecule has 0 aromatic rings. The number of hydrogen-bond acceptors (Lipinski definition) is 2. The topological polar surface area (TPSA) is 35.2 Å². The molecule has 2 rings (SSSR count). The molecule has 2 aliphatic rings. The molecule has 2 N–H and O–H groups in total. The molecule has 0 amide bonds. The van der Waals surface area contributed by atoms with Gasteiger partial charge < -0.3 is 10.5 Å². The first-order chi connectivity index (χ1) is 7.15. The zero-order valence-electron chi connectivity index (χ0n) is 10.2. The first-order valence-electron chi connectivity index (χ1n) is 6.56. The lowest BCUT2D eigenvalue weighted by Gasteiger charge is -2.32. The van der Waals surface area contributed by atoms with Crippen LogP contribution in [0.4, 0.5) is 0 Å². The van der Waals surface area contributed by atoms with Crippen molar-refractivity contribution in [1.82, 2.24) is 0 Å². The summed E-state index contributed by atoms with van der Waals surface area (Å²) in [6.45, 7) is 5.47. The van der Waals surface area contributed by atoms with Crippen LogP contribution in [0.5, 0.6) is 0 Å². The summed E-state index contributed by atoms with van der Waals surface area (Å²) in [7, 11) is 0. The Morgan fingerprint density at radius 1 is 1.47 bits per heavy atom. The van der Waals surface area contributed by atoms with E-state index in [9.17, 15) is 0 Å². The Morgan fingerprint density at radius 3 is 2.80 bits per heavy atom. The number of ether oxygens (including phenoxy) is 1. The van der Waals surface area contributed by atoms with Gasteiger partial charge in [-0.2, -0.15) is 0 Å². The SMILES string of the molecule is CCCC(C)CC1(N)CCOC1C1CC1. The average molecular weight is 211 g/mol. The maximum atomic E-state index is 6.55. The molecule has 0 aromatic carbocycles. The summed E-state index contributed by atoms with van der Waals surface area (Å²) in [4.78, 5) is 0. The minimum atomic E-state index is -0.00421. The third kappa shape index (κ3) is 2.54. The molecule has 2 heteroatoms. The molecule has 3 atom stereocenters. The Labute approximate surface area is 93.6 Å². The summed E-state index contributed by atoms with van der Waals surface area (Å²) >= 11 is 0. The second-order valence-electron chi connectivity index (χ2n) is 5.71. The first-order valence-corrected chi connectivity index (χ1v) is 6.56. The predicted molar refractivity (Wildman–Crippen MR) is 62.7 cm³/mol. The van der Waals surface area contributed by atoms with Crippen LogP contribution < -0.4 is 5.73 Å².